The maximum absolute atomic E-state index is 12.6. The summed E-state index contributed by atoms with van der Waals surface area (Å²) in [6.45, 7) is 1.85. The lowest BCUT2D eigenvalue weighted by molar-refractivity contribution is 0.153. The molecule has 0 radical (unpaired) electrons. The van der Waals surface area contributed by atoms with Crippen molar-refractivity contribution < 1.29 is 8.78 Å². The molecule has 0 amide bonds. The minimum Gasteiger partial charge on any atom is -0.390 e. The molecule has 0 aliphatic rings. The Kier molecular flexibility index (Phi) is 2.15. The average molecular weight is 213 g/mol. The first-order valence-electron chi connectivity index (χ1n) is 4.17. The maximum atomic E-state index is 12.6. The Balaban J connectivity index is 2.81. The van der Waals surface area contributed by atoms with Crippen molar-refractivity contribution in [2.45, 2.75) is 13.3 Å². The first-order valence-corrected chi connectivity index (χ1v) is 4.98. The topological polar surface area (TPSA) is 26.0 Å². The van der Waals surface area contributed by atoms with E-state index in [-0.39, 0.29) is 5.56 Å². The summed E-state index contributed by atoms with van der Waals surface area (Å²) in [5.41, 5.74) is 6.67. The number of nitrogen functional groups attached to an aromatic ring is 1. The van der Waals surface area contributed by atoms with Gasteiger partial charge < -0.3 is 5.73 Å². The van der Waals surface area contributed by atoms with Crippen LogP contribution in [0.2, 0.25) is 0 Å². The van der Waals surface area contributed by atoms with E-state index in [1.54, 1.807) is 6.07 Å². The Hall–Kier alpha value is -1.16. The third kappa shape index (κ3) is 1.26. The quantitative estimate of drug-likeness (QED) is 0.767. The zero-order valence-corrected chi connectivity index (χ0v) is 8.37. The normalized spacial score (nSPS) is 11.4. The zero-order chi connectivity index (χ0) is 10.3. The fourth-order valence-electron chi connectivity index (χ4n) is 1.46. The number of anilines is 1. The van der Waals surface area contributed by atoms with Crippen LogP contribution in [0.15, 0.2) is 18.2 Å². The van der Waals surface area contributed by atoms with Crippen LogP contribution in [-0.4, -0.2) is 0 Å². The van der Waals surface area contributed by atoms with Crippen LogP contribution in [-0.2, 0) is 0 Å². The van der Waals surface area contributed by atoms with Gasteiger partial charge in [-0.1, -0.05) is 18.2 Å². The van der Waals surface area contributed by atoms with E-state index in [9.17, 15) is 8.78 Å². The van der Waals surface area contributed by atoms with Crippen molar-refractivity contribution in [1.29, 1.82) is 0 Å². The van der Waals surface area contributed by atoms with E-state index in [2.05, 4.69) is 0 Å². The Bertz CT molecular complexity index is 476. The van der Waals surface area contributed by atoms with Gasteiger partial charge in [-0.25, -0.2) is 8.78 Å². The van der Waals surface area contributed by atoms with Gasteiger partial charge in [0.1, 0.15) is 0 Å². The number of nitrogens with two attached hydrogens (primary N) is 1. The van der Waals surface area contributed by atoms with Crippen molar-refractivity contribution in [2.24, 2.45) is 0 Å². The predicted molar refractivity (Wildman–Crippen MR) is 55.9 cm³/mol. The van der Waals surface area contributed by atoms with Crippen LogP contribution < -0.4 is 5.73 Å². The van der Waals surface area contributed by atoms with Gasteiger partial charge in [0, 0.05) is 10.3 Å². The number of benzene rings is 1. The first kappa shape index (κ1) is 9.40. The number of aryl methyl sites for hydroxylation is 1. The van der Waals surface area contributed by atoms with Crippen molar-refractivity contribution in [2.75, 3.05) is 5.73 Å². The summed E-state index contributed by atoms with van der Waals surface area (Å²) in [7, 11) is 0. The molecule has 1 heterocycles. The number of hydrogen-bond donors (Lipinski definition) is 1. The van der Waals surface area contributed by atoms with Gasteiger partial charge in [-0.05, 0) is 17.9 Å². The van der Waals surface area contributed by atoms with Crippen molar-refractivity contribution in [3.8, 4) is 0 Å². The largest absolute Gasteiger partial charge is 0.390 e. The number of halogens is 2. The lowest BCUT2D eigenvalue weighted by Crippen LogP contribution is -1.83. The Morgan fingerprint density at radius 2 is 2.07 bits per heavy atom. The minimum absolute atomic E-state index is 0.0762. The molecule has 0 saturated carbocycles. The van der Waals surface area contributed by atoms with Gasteiger partial charge in [0.2, 0.25) is 0 Å². The van der Waals surface area contributed by atoms with E-state index >= 15 is 0 Å². The van der Waals surface area contributed by atoms with Crippen LogP contribution in [0.25, 0.3) is 10.1 Å². The summed E-state index contributed by atoms with van der Waals surface area (Å²) in [5.74, 6) is 0. The molecule has 1 aromatic heterocycles. The van der Waals surface area contributed by atoms with Crippen molar-refractivity contribution in [1.82, 2.24) is 0 Å². The molecule has 2 N–H and O–H groups in total. The van der Waals surface area contributed by atoms with Crippen LogP contribution in [0.1, 0.15) is 17.6 Å². The molecule has 74 valence electrons. The highest BCUT2D eigenvalue weighted by Crippen LogP contribution is 2.38. The fourth-order valence-corrected chi connectivity index (χ4v) is 2.54. The molecule has 0 spiro atoms. The Morgan fingerprint density at radius 3 is 2.71 bits per heavy atom. The molecule has 0 atom stereocenters. The Labute approximate surface area is 84.2 Å². The number of alkyl halides is 2. The molecule has 1 aromatic carbocycles. The highest BCUT2D eigenvalue weighted by Gasteiger charge is 2.15. The summed E-state index contributed by atoms with van der Waals surface area (Å²) in [5, 5.41) is 1.46. The van der Waals surface area contributed by atoms with E-state index in [1.807, 2.05) is 13.0 Å². The van der Waals surface area contributed by atoms with Gasteiger partial charge in [0.05, 0.1) is 5.00 Å². The van der Waals surface area contributed by atoms with Crippen LogP contribution >= 0.6 is 11.3 Å². The van der Waals surface area contributed by atoms with E-state index in [0.29, 0.717) is 9.70 Å². The van der Waals surface area contributed by atoms with Gasteiger partial charge in [0.15, 0.2) is 0 Å². The van der Waals surface area contributed by atoms with E-state index in [4.69, 9.17) is 5.73 Å². The Morgan fingerprint density at radius 1 is 1.36 bits per heavy atom. The molecule has 0 unspecified atom stereocenters. The molecular formula is C10H9F2NS. The summed E-state index contributed by atoms with van der Waals surface area (Å²) >= 11 is 1.23. The zero-order valence-electron chi connectivity index (χ0n) is 7.55. The summed E-state index contributed by atoms with van der Waals surface area (Å²) in [6.07, 6.45) is -2.43. The molecule has 14 heavy (non-hydrogen) atoms. The van der Waals surface area contributed by atoms with Gasteiger partial charge in [-0.3, -0.25) is 0 Å². The molecular weight excluding hydrogens is 204 g/mol. The number of fused-ring (bicyclic) bond motifs is 1. The van der Waals surface area contributed by atoms with Gasteiger partial charge in [-0.2, -0.15) is 0 Å². The highest BCUT2D eigenvalue weighted by molar-refractivity contribution is 7.23. The molecule has 0 aliphatic carbocycles. The van der Waals surface area contributed by atoms with Crippen LogP contribution in [0, 0.1) is 6.92 Å². The van der Waals surface area contributed by atoms with Gasteiger partial charge in [0.25, 0.3) is 6.43 Å². The predicted octanol–water partition coefficient (Wildman–Crippen LogP) is 3.73. The number of thiophene rings is 1. The first-order chi connectivity index (χ1) is 6.61. The highest BCUT2D eigenvalue weighted by atomic mass is 32.1. The van der Waals surface area contributed by atoms with E-state index < -0.39 is 6.43 Å². The second-order valence-electron chi connectivity index (χ2n) is 3.12. The standard InChI is InChI=1S/C10H9F2NS/c1-5-6-3-2-4-7(9(11)12)8(6)14-10(5)13/h2-4,9H,13H2,1H3. The maximum Gasteiger partial charge on any atom is 0.265 e. The molecule has 1 nitrogen and oxygen atoms in total. The fraction of sp³-hybridized carbons (Fsp3) is 0.200. The van der Waals surface area contributed by atoms with Crippen LogP contribution in [0.3, 0.4) is 0 Å². The summed E-state index contributed by atoms with van der Waals surface area (Å²) in [4.78, 5) is 0. The second kappa shape index (κ2) is 3.20. The average Bonchev–Trinajstić information content (AvgIpc) is 2.43. The molecule has 0 bridgehead atoms. The summed E-state index contributed by atoms with van der Waals surface area (Å²) < 4.78 is 25.8. The van der Waals surface area contributed by atoms with Crippen molar-refractivity contribution >= 4 is 26.4 Å². The third-order valence-electron chi connectivity index (χ3n) is 2.27. The molecule has 0 aliphatic heterocycles. The van der Waals surface area contributed by atoms with Crippen molar-refractivity contribution in [3.63, 3.8) is 0 Å². The smallest absolute Gasteiger partial charge is 0.265 e. The molecule has 2 aromatic rings. The third-order valence-corrected chi connectivity index (χ3v) is 3.45. The van der Waals surface area contributed by atoms with Crippen LogP contribution in [0.5, 0.6) is 0 Å². The summed E-state index contributed by atoms with van der Waals surface area (Å²) in [6, 6.07) is 4.91. The lowest BCUT2D eigenvalue weighted by Gasteiger charge is -2.00. The monoisotopic (exact) mass is 213 g/mol. The van der Waals surface area contributed by atoms with Crippen LogP contribution in [0.4, 0.5) is 13.8 Å². The van der Waals surface area contributed by atoms with E-state index in [1.165, 1.54) is 17.4 Å². The SMILES string of the molecule is Cc1c(N)sc2c(C(F)F)cccc12. The van der Waals surface area contributed by atoms with Gasteiger partial charge >= 0.3 is 0 Å². The minimum atomic E-state index is -2.43. The van der Waals surface area contributed by atoms with E-state index in [0.717, 1.165) is 10.9 Å². The lowest BCUT2D eigenvalue weighted by atomic mass is 10.1. The van der Waals surface area contributed by atoms with Crippen molar-refractivity contribution in [3.05, 3.63) is 29.3 Å². The molecule has 0 saturated heterocycles. The molecule has 0 fully saturated rings. The second-order valence-corrected chi connectivity index (χ2v) is 4.17. The number of hydrogen-bond acceptors (Lipinski definition) is 2. The number of rotatable bonds is 1. The van der Waals surface area contributed by atoms with Gasteiger partial charge in [-0.15, -0.1) is 11.3 Å². The molecule has 4 heteroatoms. The molecule has 2 rings (SSSR count).